The lowest BCUT2D eigenvalue weighted by molar-refractivity contribution is -0.114. The number of primary amides is 1. The second-order valence-corrected chi connectivity index (χ2v) is 3.62. The van der Waals surface area contributed by atoms with Gasteiger partial charge in [-0.05, 0) is 31.1 Å². The first-order valence-corrected chi connectivity index (χ1v) is 4.28. The summed E-state index contributed by atoms with van der Waals surface area (Å²) in [4.78, 5) is 10.8. The van der Waals surface area contributed by atoms with E-state index in [1.165, 1.54) is 19.3 Å². The Hall–Kier alpha value is -0.790. The van der Waals surface area contributed by atoms with Gasteiger partial charge < -0.3 is 5.73 Å². The third kappa shape index (κ3) is 1.06. The van der Waals surface area contributed by atoms with Gasteiger partial charge in [-0.3, -0.25) is 4.79 Å². The molecule has 0 aromatic rings. The van der Waals surface area contributed by atoms with Gasteiger partial charge in [-0.25, -0.2) is 0 Å². The first kappa shape index (κ1) is 6.89. The quantitative estimate of drug-likeness (QED) is 0.601. The van der Waals surface area contributed by atoms with Crippen LogP contribution in [0.1, 0.15) is 25.7 Å². The van der Waals surface area contributed by atoms with Crippen LogP contribution in [0.4, 0.5) is 0 Å². The maximum atomic E-state index is 10.8. The van der Waals surface area contributed by atoms with Crippen molar-refractivity contribution in [2.75, 3.05) is 0 Å². The summed E-state index contributed by atoms with van der Waals surface area (Å²) in [6.07, 6.45) is 6.93. The van der Waals surface area contributed by atoms with Gasteiger partial charge in [-0.1, -0.05) is 12.5 Å². The Bertz CT molecular complexity index is 220. The highest BCUT2D eigenvalue weighted by atomic mass is 16.1. The van der Waals surface area contributed by atoms with E-state index in [2.05, 4.69) is 6.08 Å². The predicted octanol–water partition coefficient (Wildman–Crippen LogP) is 1.22. The van der Waals surface area contributed by atoms with Crippen LogP contribution in [0.25, 0.3) is 0 Å². The minimum absolute atomic E-state index is 0.209. The fourth-order valence-corrected chi connectivity index (χ4v) is 2.33. The smallest absolute Gasteiger partial charge is 0.244 e. The zero-order valence-corrected chi connectivity index (χ0v) is 6.55. The summed E-state index contributed by atoms with van der Waals surface area (Å²) < 4.78 is 0. The van der Waals surface area contributed by atoms with Gasteiger partial charge in [-0.15, -0.1) is 0 Å². The number of amides is 1. The highest BCUT2D eigenvalue weighted by Crippen LogP contribution is 2.42. The lowest BCUT2D eigenvalue weighted by atomic mass is 10.00. The molecule has 2 heteroatoms. The number of hydrogen-bond acceptors (Lipinski definition) is 1. The van der Waals surface area contributed by atoms with Gasteiger partial charge in [0.25, 0.3) is 0 Å². The van der Waals surface area contributed by atoms with Crippen LogP contribution >= 0.6 is 0 Å². The van der Waals surface area contributed by atoms with E-state index in [9.17, 15) is 4.79 Å². The van der Waals surface area contributed by atoms with Crippen LogP contribution in [0.2, 0.25) is 0 Å². The van der Waals surface area contributed by atoms with E-state index in [1.54, 1.807) is 0 Å². The Morgan fingerprint density at radius 3 is 3.00 bits per heavy atom. The van der Waals surface area contributed by atoms with Gasteiger partial charge in [0, 0.05) is 5.57 Å². The van der Waals surface area contributed by atoms with Crippen LogP contribution in [0, 0.1) is 11.8 Å². The molecule has 2 rings (SSSR count). The van der Waals surface area contributed by atoms with Crippen LogP contribution in [0.15, 0.2) is 11.6 Å². The van der Waals surface area contributed by atoms with E-state index in [1.807, 2.05) is 0 Å². The molecule has 2 nitrogen and oxygen atoms in total. The number of carbonyl (C=O) groups excluding carboxylic acids is 1. The fourth-order valence-electron chi connectivity index (χ4n) is 2.33. The number of fused-ring (bicyclic) bond motifs is 1. The number of carbonyl (C=O) groups is 1. The van der Waals surface area contributed by atoms with E-state index in [0.717, 1.165) is 17.9 Å². The zero-order chi connectivity index (χ0) is 7.84. The van der Waals surface area contributed by atoms with E-state index in [-0.39, 0.29) is 5.91 Å². The lowest BCUT2D eigenvalue weighted by Crippen LogP contribution is -2.13. The summed E-state index contributed by atoms with van der Waals surface area (Å²) in [5.41, 5.74) is 6.07. The zero-order valence-electron chi connectivity index (χ0n) is 6.55. The number of hydrogen-bond donors (Lipinski definition) is 1. The van der Waals surface area contributed by atoms with Gasteiger partial charge in [0.15, 0.2) is 0 Å². The molecule has 11 heavy (non-hydrogen) atoms. The van der Waals surface area contributed by atoms with E-state index in [4.69, 9.17) is 5.73 Å². The van der Waals surface area contributed by atoms with Crippen molar-refractivity contribution < 1.29 is 4.79 Å². The van der Waals surface area contributed by atoms with Crippen LogP contribution in [0.3, 0.4) is 0 Å². The van der Waals surface area contributed by atoms with Crippen molar-refractivity contribution in [3.63, 3.8) is 0 Å². The van der Waals surface area contributed by atoms with Crippen molar-refractivity contribution >= 4 is 5.91 Å². The summed E-state index contributed by atoms with van der Waals surface area (Å²) in [7, 11) is 0. The number of rotatable bonds is 1. The largest absolute Gasteiger partial charge is 0.366 e. The predicted molar refractivity (Wildman–Crippen MR) is 42.7 cm³/mol. The van der Waals surface area contributed by atoms with Crippen molar-refractivity contribution in [2.24, 2.45) is 17.6 Å². The second kappa shape index (κ2) is 2.36. The van der Waals surface area contributed by atoms with Crippen LogP contribution < -0.4 is 5.73 Å². The third-order valence-corrected chi connectivity index (χ3v) is 2.93. The third-order valence-electron chi connectivity index (χ3n) is 2.93. The first-order chi connectivity index (χ1) is 5.27. The molecule has 2 aliphatic rings. The van der Waals surface area contributed by atoms with Crippen molar-refractivity contribution in [1.82, 2.24) is 0 Å². The SMILES string of the molecule is NC(=O)C1=C[C@H]2CCC[C@@H]2C1. The number of allylic oxidation sites excluding steroid dienone is 1. The first-order valence-electron chi connectivity index (χ1n) is 4.28. The summed E-state index contributed by atoms with van der Waals surface area (Å²) in [5, 5.41) is 0. The molecule has 0 aromatic carbocycles. The molecule has 0 heterocycles. The molecule has 60 valence electrons. The van der Waals surface area contributed by atoms with Crippen LogP contribution in [0.5, 0.6) is 0 Å². The molecule has 1 saturated carbocycles. The normalized spacial score (nSPS) is 35.1. The molecule has 0 radical (unpaired) electrons. The molecule has 0 unspecified atom stereocenters. The lowest BCUT2D eigenvalue weighted by Gasteiger charge is -2.05. The molecule has 1 fully saturated rings. The highest BCUT2D eigenvalue weighted by Gasteiger charge is 2.32. The van der Waals surface area contributed by atoms with E-state index < -0.39 is 0 Å². The molecule has 1 amide bonds. The van der Waals surface area contributed by atoms with Crippen LogP contribution in [-0.2, 0) is 4.79 Å². The second-order valence-electron chi connectivity index (χ2n) is 3.62. The molecule has 2 atom stereocenters. The molecule has 0 bridgehead atoms. The fraction of sp³-hybridized carbons (Fsp3) is 0.667. The maximum Gasteiger partial charge on any atom is 0.244 e. The molecule has 0 saturated heterocycles. The van der Waals surface area contributed by atoms with Crippen molar-refractivity contribution in [2.45, 2.75) is 25.7 Å². The Balaban J connectivity index is 2.13. The van der Waals surface area contributed by atoms with Crippen molar-refractivity contribution in [3.05, 3.63) is 11.6 Å². The monoisotopic (exact) mass is 151 g/mol. The van der Waals surface area contributed by atoms with Gasteiger partial charge in [0.2, 0.25) is 5.91 Å². The molecule has 2 aliphatic carbocycles. The van der Waals surface area contributed by atoms with E-state index >= 15 is 0 Å². The topological polar surface area (TPSA) is 43.1 Å². The molecule has 2 N–H and O–H groups in total. The maximum absolute atomic E-state index is 10.8. The molecular weight excluding hydrogens is 138 g/mol. The Labute approximate surface area is 66.5 Å². The molecular formula is C9H13NO. The number of nitrogens with two attached hydrogens (primary N) is 1. The average molecular weight is 151 g/mol. The van der Waals surface area contributed by atoms with Crippen molar-refractivity contribution in [3.8, 4) is 0 Å². The van der Waals surface area contributed by atoms with E-state index in [0.29, 0.717) is 5.92 Å². The van der Waals surface area contributed by atoms with Gasteiger partial charge in [0.1, 0.15) is 0 Å². The summed E-state index contributed by atoms with van der Waals surface area (Å²) in [6.45, 7) is 0. The Morgan fingerprint density at radius 1 is 1.55 bits per heavy atom. The van der Waals surface area contributed by atoms with Crippen LogP contribution in [-0.4, -0.2) is 5.91 Å². The molecule has 0 aliphatic heterocycles. The average Bonchev–Trinajstić information content (AvgIpc) is 2.40. The summed E-state index contributed by atoms with van der Waals surface area (Å²) in [5.74, 6) is 1.22. The minimum Gasteiger partial charge on any atom is -0.366 e. The van der Waals surface area contributed by atoms with Gasteiger partial charge in [0.05, 0.1) is 0 Å². The Kier molecular flexibility index (Phi) is 1.48. The van der Waals surface area contributed by atoms with Crippen molar-refractivity contribution in [1.29, 1.82) is 0 Å². The Morgan fingerprint density at radius 2 is 2.36 bits per heavy atom. The van der Waals surface area contributed by atoms with Gasteiger partial charge in [-0.2, -0.15) is 0 Å². The molecule has 0 spiro atoms. The summed E-state index contributed by atoms with van der Waals surface area (Å²) in [6, 6.07) is 0. The molecule has 0 aromatic heterocycles. The van der Waals surface area contributed by atoms with Gasteiger partial charge >= 0.3 is 0 Å². The minimum atomic E-state index is -0.209. The standard InChI is InChI=1S/C9H13NO/c10-9(11)8-4-6-2-1-3-7(6)5-8/h4,6-7H,1-3,5H2,(H2,10,11)/t6-,7-/m1/s1. The summed E-state index contributed by atoms with van der Waals surface area (Å²) >= 11 is 0. The highest BCUT2D eigenvalue weighted by molar-refractivity contribution is 5.92.